The van der Waals surface area contributed by atoms with Gasteiger partial charge >= 0.3 is 0 Å². The maximum absolute atomic E-state index is 12.5. The normalized spacial score (nSPS) is 18.7. The van der Waals surface area contributed by atoms with E-state index in [1.807, 2.05) is 24.3 Å². The summed E-state index contributed by atoms with van der Waals surface area (Å²) < 4.78 is 12.4. The average Bonchev–Trinajstić information content (AvgIpc) is 3.28. The van der Waals surface area contributed by atoms with Gasteiger partial charge in [-0.2, -0.15) is 4.98 Å². The van der Waals surface area contributed by atoms with Crippen molar-refractivity contribution in [3.63, 3.8) is 0 Å². The molecule has 32 heavy (non-hydrogen) atoms. The number of piperidine rings is 1. The number of nitrogens with one attached hydrogen (secondary N) is 1. The number of halogens is 1. The Bertz CT molecular complexity index is 860. The Morgan fingerprint density at radius 2 is 2.00 bits per heavy atom. The first-order valence-corrected chi connectivity index (χ1v) is 12.7. The van der Waals surface area contributed by atoms with Crippen molar-refractivity contribution in [3.8, 4) is 11.4 Å². The molecular formula is C24H33BrN4O3. The van der Waals surface area contributed by atoms with E-state index in [0.717, 1.165) is 49.0 Å². The van der Waals surface area contributed by atoms with Gasteiger partial charge in [0.15, 0.2) is 0 Å². The predicted octanol–water partition coefficient (Wildman–Crippen LogP) is 4.57. The third kappa shape index (κ3) is 6.86. The second kappa shape index (κ2) is 11.9. The molecule has 1 aromatic carbocycles. The first kappa shape index (κ1) is 23.4. The number of rotatable bonds is 9. The van der Waals surface area contributed by atoms with Gasteiger partial charge in [0.2, 0.25) is 17.6 Å². The molecule has 2 aromatic rings. The van der Waals surface area contributed by atoms with Gasteiger partial charge in [0.1, 0.15) is 0 Å². The minimum atomic E-state index is 0.0884. The van der Waals surface area contributed by atoms with Crippen LogP contribution < -0.4 is 5.32 Å². The van der Waals surface area contributed by atoms with Crippen molar-refractivity contribution in [2.45, 2.75) is 64.0 Å². The highest BCUT2D eigenvalue weighted by atomic mass is 79.9. The van der Waals surface area contributed by atoms with E-state index in [1.54, 1.807) is 0 Å². The van der Waals surface area contributed by atoms with Crippen molar-refractivity contribution < 1.29 is 14.1 Å². The van der Waals surface area contributed by atoms with Crippen LogP contribution >= 0.6 is 15.9 Å². The van der Waals surface area contributed by atoms with Gasteiger partial charge in [-0.05, 0) is 57.3 Å². The molecule has 1 aromatic heterocycles. The molecule has 2 heterocycles. The number of aromatic nitrogens is 2. The molecule has 1 amide bonds. The fourth-order valence-corrected chi connectivity index (χ4v) is 4.92. The maximum atomic E-state index is 12.5. The summed E-state index contributed by atoms with van der Waals surface area (Å²) in [5.74, 6) is 1.48. The van der Waals surface area contributed by atoms with Crippen LogP contribution in [0.15, 0.2) is 33.3 Å². The highest BCUT2D eigenvalue weighted by Gasteiger charge is 2.26. The van der Waals surface area contributed by atoms with Crippen LogP contribution in [0, 0.1) is 5.92 Å². The zero-order valence-corrected chi connectivity index (χ0v) is 20.2. The van der Waals surface area contributed by atoms with Crippen LogP contribution in [0.5, 0.6) is 0 Å². The van der Waals surface area contributed by atoms with Gasteiger partial charge < -0.3 is 14.6 Å². The zero-order valence-electron chi connectivity index (χ0n) is 18.6. The lowest BCUT2D eigenvalue weighted by Crippen LogP contribution is -2.40. The molecule has 0 unspecified atom stereocenters. The lowest BCUT2D eigenvalue weighted by atomic mass is 9.96. The molecule has 2 fully saturated rings. The summed E-state index contributed by atoms with van der Waals surface area (Å²) in [4.78, 5) is 19.3. The third-order valence-electron chi connectivity index (χ3n) is 6.39. The van der Waals surface area contributed by atoms with Crippen molar-refractivity contribution in [2.24, 2.45) is 5.92 Å². The molecule has 0 spiro atoms. The number of amides is 1. The van der Waals surface area contributed by atoms with E-state index in [9.17, 15) is 4.79 Å². The number of ether oxygens (including phenoxy) is 1. The minimum Gasteiger partial charge on any atom is -0.378 e. The lowest BCUT2D eigenvalue weighted by Gasteiger charge is -2.30. The van der Waals surface area contributed by atoms with Gasteiger partial charge in [0.25, 0.3) is 0 Å². The number of likely N-dealkylation sites (tertiary alicyclic amines) is 1. The van der Waals surface area contributed by atoms with Crippen molar-refractivity contribution in [1.82, 2.24) is 20.4 Å². The van der Waals surface area contributed by atoms with Gasteiger partial charge in [-0.25, -0.2) is 0 Å². The second-order valence-corrected chi connectivity index (χ2v) is 9.76. The average molecular weight is 505 g/mol. The molecular weight excluding hydrogens is 472 g/mol. The van der Waals surface area contributed by atoms with Gasteiger partial charge in [-0.1, -0.05) is 52.5 Å². The van der Waals surface area contributed by atoms with Crippen LogP contribution in [0.1, 0.15) is 57.3 Å². The van der Waals surface area contributed by atoms with E-state index in [4.69, 9.17) is 9.26 Å². The zero-order chi connectivity index (χ0) is 22.2. The van der Waals surface area contributed by atoms with E-state index in [0.29, 0.717) is 30.9 Å². The molecule has 0 bridgehead atoms. The largest absolute Gasteiger partial charge is 0.378 e. The van der Waals surface area contributed by atoms with Crippen LogP contribution in [-0.2, 0) is 16.1 Å². The summed E-state index contributed by atoms with van der Waals surface area (Å²) in [5.41, 5.74) is 0.925. The Morgan fingerprint density at radius 1 is 1.19 bits per heavy atom. The topological polar surface area (TPSA) is 80.5 Å². The Morgan fingerprint density at radius 3 is 2.78 bits per heavy atom. The summed E-state index contributed by atoms with van der Waals surface area (Å²) in [6, 6.07) is 7.86. The molecule has 1 aliphatic carbocycles. The van der Waals surface area contributed by atoms with Crippen molar-refractivity contribution >= 4 is 21.8 Å². The standard InChI is InChI=1S/C24H33BrN4O3/c25-20-7-4-6-19(16-20)23-27-22(32-28-23)17-29-13-10-18(11-14-29)24(30)26-12-5-15-31-21-8-2-1-3-9-21/h4,6-7,16,18,21H,1-3,5,8-15,17H2,(H,26,30). The van der Waals surface area contributed by atoms with Crippen LogP contribution in [0.3, 0.4) is 0 Å². The molecule has 4 rings (SSSR count). The molecule has 2 aliphatic rings. The summed E-state index contributed by atoms with van der Waals surface area (Å²) >= 11 is 3.47. The monoisotopic (exact) mass is 504 g/mol. The number of carbonyl (C=O) groups excluding carboxylic acids is 1. The summed E-state index contributed by atoms with van der Waals surface area (Å²) in [5, 5.41) is 7.21. The van der Waals surface area contributed by atoms with Gasteiger partial charge in [-0.15, -0.1) is 0 Å². The molecule has 1 saturated carbocycles. The molecule has 1 aliphatic heterocycles. The smallest absolute Gasteiger partial charge is 0.241 e. The van der Waals surface area contributed by atoms with Crippen LogP contribution in [-0.4, -0.2) is 53.3 Å². The number of hydrogen-bond donors (Lipinski definition) is 1. The van der Waals surface area contributed by atoms with Crippen LogP contribution in [0.25, 0.3) is 11.4 Å². The van der Waals surface area contributed by atoms with Crippen molar-refractivity contribution in [3.05, 3.63) is 34.6 Å². The lowest BCUT2D eigenvalue weighted by molar-refractivity contribution is -0.126. The molecule has 7 nitrogen and oxygen atoms in total. The first-order valence-electron chi connectivity index (χ1n) is 11.9. The first-order chi connectivity index (χ1) is 15.7. The minimum absolute atomic E-state index is 0.0884. The van der Waals surface area contributed by atoms with Crippen LogP contribution in [0.2, 0.25) is 0 Å². The van der Waals surface area contributed by atoms with E-state index >= 15 is 0 Å². The van der Waals surface area contributed by atoms with Crippen LogP contribution in [0.4, 0.5) is 0 Å². The quantitative estimate of drug-likeness (QED) is 0.503. The molecule has 174 valence electrons. The van der Waals surface area contributed by atoms with Gasteiger partial charge in [0.05, 0.1) is 12.6 Å². The Kier molecular flexibility index (Phi) is 8.70. The van der Waals surface area contributed by atoms with E-state index in [1.165, 1.54) is 32.1 Å². The van der Waals surface area contributed by atoms with E-state index in [2.05, 4.69) is 36.3 Å². The van der Waals surface area contributed by atoms with Crippen molar-refractivity contribution in [1.29, 1.82) is 0 Å². The maximum Gasteiger partial charge on any atom is 0.241 e. The highest BCUT2D eigenvalue weighted by molar-refractivity contribution is 9.10. The van der Waals surface area contributed by atoms with Crippen molar-refractivity contribution in [2.75, 3.05) is 26.2 Å². The Balaban J connectivity index is 1.12. The molecule has 0 radical (unpaired) electrons. The van der Waals surface area contributed by atoms with Gasteiger partial charge in [-0.3, -0.25) is 9.69 Å². The Labute approximate surface area is 198 Å². The Hall–Kier alpha value is -1.77. The fraction of sp³-hybridized carbons (Fsp3) is 0.625. The number of carbonyl (C=O) groups is 1. The summed E-state index contributed by atoms with van der Waals surface area (Å²) in [6.07, 6.45) is 9.36. The van der Waals surface area contributed by atoms with E-state index < -0.39 is 0 Å². The molecule has 8 heteroatoms. The third-order valence-corrected chi connectivity index (χ3v) is 6.89. The fourth-order valence-electron chi connectivity index (χ4n) is 4.52. The molecule has 1 saturated heterocycles. The number of benzene rings is 1. The molecule has 1 N–H and O–H groups in total. The number of nitrogens with zero attached hydrogens (tertiary/aromatic N) is 3. The van der Waals surface area contributed by atoms with Gasteiger partial charge in [0, 0.05) is 29.1 Å². The predicted molar refractivity (Wildman–Crippen MR) is 126 cm³/mol. The SMILES string of the molecule is O=C(NCCCOC1CCCCC1)C1CCN(Cc2nc(-c3cccc(Br)c3)no2)CC1. The number of hydrogen-bond acceptors (Lipinski definition) is 6. The van der Waals surface area contributed by atoms with E-state index in [-0.39, 0.29) is 11.8 Å². The highest BCUT2D eigenvalue weighted by Crippen LogP contribution is 2.23. The second-order valence-electron chi connectivity index (χ2n) is 8.85. The summed E-state index contributed by atoms with van der Waals surface area (Å²) in [7, 11) is 0. The molecule has 0 atom stereocenters. The summed E-state index contributed by atoms with van der Waals surface area (Å²) in [6.45, 7) is 3.78.